The summed E-state index contributed by atoms with van der Waals surface area (Å²) in [5.41, 5.74) is 10.9. The molecule has 8 heteroatoms. The zero-order chi connectivity index (χ0) is 22.5. The van der Waals surface area contributed by atoms with E-state index in [4.69, 9.17) is 11.5 Å². The fraction of sp³-hybridized carbons (Fsp3) is 0.682. The number of pyridine rings is 1. The van der Waals surface area contributed by atoms with Gasteiger partial charge in [0.2, 0.25) is 11.8 Å². The van der Waals surface area contributed by atoms with Crippen LogP contribution in [0.4, 0.5) is 5.82 Å². The summed E-state index contributed by atoms with van der Waals surface area (Å²) in [6, 6.07) is 3.40. The minimum Gasteiger partial charge on any atom is -0.392 e. The third-order valence-electron chi connectivity index (χ3n) is 6.68. The number of anilines is 1. The predicted molar refractivity (Wildman–Crippen MR) is 117 cm³/mol. The van der Waals surface area contributed by atoms with E-state index in [0.717, 1.165) is 37.7 Å². The third kappa shape index (κ3) is 5.29. The summed E-state index contributed by atoms with van der Waals surface area (Å²) in [6.45, 7) is 5.75. The molecule has 1 fully saturated rings. The van der Waals surface area contributed by atoms with E-state index in [1.807, 2.05) is 13.8 Å². The van der Waals surface area contributed by atoms with Crippen LogP contribution in [0.15, 0.2) is 18.3 Å². The first-order chi connectivity index (χ1) is 14.1. The molecular formula is C22H37N5O3. The lowest BCUT2D eigenvalue weighted by Gasteiger charge is -2.46. The first-order valence-electron chi connectivity index (χ1n) is 10.8. The summed E-state index contributed by atoms with van der Waals surface area (Å²) in [5, 5.41) is 14.2. The molecular weight excluding hydrogens is 382 g/mol. The van der Waals surface area contributed by atoms with Crippen molar-refractivity contribution in [1.82, 2.24) is 15.2 Å². The number of hydrogen-bond donors (Lipinski definition) is 4. The molecule has 168 valence electrons. The molecule has 8 nitrogen and oxygen atoms in total. The van der Waals surface area contributed by atoms with Crippen LogP contribution in [0.1, 0.15) is 58.4 Å². The van der Waals surface area contributed by atoms with Gasteiger partial charge in [-0.3, -0.25) is 14.5 Å². The molecule has 0 bridgehead atoms. The van der Waals surface area contributed by atoms with Gasteiger partial charge in [0, 0.05) is 18.8 Å². The Kier molecular flexibility index (Phi) is 8.20. The van der Waals surface area contributed by atoms with Crippen molar-refractivity contribution in [3.05, 3.63) is 23.9 Å². The Hall–Kier alpha value is -2.19. The van der Waals surface area contributed by atoms with Gasteiger partial charge in [-0.1, -0.05) is 25.3 Å². The average Bonchev–Trinajstić information content (AvgIpc) is 2.73. The molecule has 1 aliphatic carbocycles. The fourth-order valence-corrected chi connectivity index (χ4v) is 4.41. The van der Waals surface area contributed by atoms with Gasteiger partial charge in [0.15, 0.2) is 0 Å². The Morgan fingerprint density at radius 3 is 2.43 bits per heavy atom. The Balaban J connectivity index is 2.34. The number of nitrogens with two attached hydrogens (primary N) is 2. The summed E-state index contributed by atoms with van der Waals surface area (Å²) < 4.78 is 0. The van der Waals surface area contributed by atoms with E-state index in [-0.39, 0.29) is 18.5 Å². The van der Waals surface area contributed by atoms with Crippen molar-refractivity contribution < 1.29 is 14.7 Å². The largest absolute Gasteiger partial charge is 0.392 e. The lowest BCUT2D eigenvalue weighted by atomic mass is 9.71. The van der Waals surface area contributed by atoms with Crippen molar-refractivity contribution >= 4 is 17.6 Å². The molecule has 1 heterocycles. The highest BCUT2D eigenvalue weighted by atomic mass is 16.3. The first kappa shape index (κ1) is 24.1. The summed E-state index contributed by atoms with van der Waals surface area (Å²) in [5.74, 6) is -1.64. The van der Waals surface area contributed by atoms with Crippen LogP contribution in [-0.4, -0.2) is 51.5 Å². The highest BCUT2D eigenvalue weighted by Crippen LogP contribution is 2.36. The van der Waals surface area contributed by atoms with Crippen LogP contribution < -0.4 is 16.8 Å². The number of carbonyl (C=O) groups is 2. The molecule has 30 heavy (non-hydrogen) atoms. The minimum atomic E-state index is -1.34. The van der Waals surface area contributed by atoms with Crippen LogP contribution in [0, 0.1) is 11.8 Å². The van der Waals surface area contributed by atoms with Crippen molar-refractivity contribution in [1.29, 1.82) is 0 Å². The Morgan fingerprint density at radius 1 is 1.30 bits per heavy atom. The molecule has 1 saturated carbocycles. The zero-order valence-corrected chi connectivity index (χ0v) is 18.6. The third-order valence-corrected chi connectivity index (χ3v) is 6.68. The summed E-state index contributed by atoms with van der Waals surface area (Å²) in [7, 11) is 1.77. The monoisotopic (exact) mass is 419 g/mol. The Bertz CT molecular complexity index is 718. The number of aromatic nitrogens is 1. The molecule has 0 aromatic carbocycles. The minimum absolute atomic E-state index is 0.0353. The quantitative estimate of drug-likeness (QED) is 0.478. The van der Waals surface area contributed by atoms with Crippen molar-refractivity contribution in [2.24, 2.45) is 17.6 Å². The maximum atomic E-state index is 13.4. The molecule has 3 atom stereocenters. The number of likely N-dealkylation sites (N-methyl/N-ethyl adjacent to an activating group) is 1. The molecule has 0 saturated heterocycles. The fourth-order valence-electron chi connectivity index (χ4n) is 4.41. The lowest BCUT2D eigenvalue weighted by molar-refractivity contribution is -0.152. The molecule has 2 amide bonds. The van der Waals surface area contributed by atoms with Gasteiger partial charge >= 0.3 is 0 Å². The number of primary amides is 1. The molecule has 0 radical (unpaired) electrons. The topological polar surface area (TPSA) is 135 Å². The van der Waals surface area contributed by atoms with Crippen LogP contribution in [0.3, 0.4) is 0 Å². The van der Waals surface area contributed by atoms with E-state index < -0.39 is 29.4 Å². The number of carbonyl (C=O) groups excluding carboxylic acids is 2. The number of nitrogens with zero attached hydrogens (tertiary/aromatic N) is 2. The summed E-state index contributed by atoms with van der Waals surface area (Å²) in [4.78, 5) is 31.9. The lowest BCUT2D eigenvalue weighted by Crippen LogP contribution is -2.67. The second kappa shape index (κ2) is 10.2. The van der Waals surface area contributed by atoms with Gasteiger partial charge in [-0.05, 0) is 58.2 Å². The van der Waals surface area contributed by atoms with E-state index in [1.54, 1.807) is 37.2 Å². The number of amides is 2. The number of rotatable bonds is 9. The maximum Gasteiger partial charge on any atom is 0.238 e. The first-order valence-corrected chi connectivity index (χ1v) is 10.8. The summed E-state index contributed by atoms with van der Waals surface area (Å²) in [6.07, 6.45) is 5.47. The Labute approximate surface area is 179 Å². The average molecular weight is 420 g/mol. The van der Waals surface area contributed by atoms with Crippen molar-refractivity contribution in [3.63, 3.8) is 0 Å². The van der Waals surface area contributed by atoms with Gasteiger partial charge in [0.25, 0.3) is 0 Å². The molecule has 6 N–H and O–H groups in total. The predicted octanol–water partition coefficient (Wildman–Crippen LogP) is 1.42. The van der Waals surface area contributed by atoms with Gasteiger partial charge in [0.1, 0.15) is 11.4 Å². The summed E-state index contributed by atoms with van der Waals surface area (Å²) >= 11 is 0. The van der Waals surface area contributed by atoms with Crippen molar-refractivity contribution in [2.75, 3.05) is 12.8 Å². The standard InChI is InChI=1S/C22H37N5O3/c1-14(2)27(4)22(3,21(24)30)18(19(28)16-8-6-5-7-9-16)20(29)26-13-15-10-11-17(23)25-12-15/h10-12,14,16,18-19,28H,5-9,13H2,1-4H3,(H2,23,25)(H2,24,30)(H,26,29)/t18-,19?,22?/m1/s1. The number of nitrogens with one attached hydrogen (secondary N) is 1. The van der Waals surface area contributed by atoms with Crippen LogP contribution in [0.25, 0.3) is 0 Å². The number of aliphatic hydroxyl groups is 1. The smallest absolute Gasteiger partial charge is 0.238 e. The highest BCUT2D eigenvalue weighted by molar-refractivity contribution is 5.93. The molecule has 2 rings (SSSR count). The van der Waals surface area contributed by atoms with Gasteiger partial charge in [-0.2, -0.15) is 0 Å². The van der Waals surface area contributed by atoms with E-state index >= 15 is 0 Å². The van der Waals surface area contributed by atoms with Gasteiger partial charge in [-0.15, -0.1) is 0 Å². The van der Waals surface area contributed by atoms with Gasteiger partial charge in [-0.25, -0.2) is 4.98 Å². The molecule has 1 aromatic heterocycles. The number of aliphatic hydroxyl groups excluding tert-OH is 1. The normalized spacial score (nSPS) is 19.3. The van der Waals surface area contributed by atoms with Crippen molar-refractivity contribution in [3.8, 4) is 0 Å². The Morgan fingerprint density at radius 2 is 1.93 bits per heavy atom. The molecule has 0 spiro atoms. The van der Waals surface area contributed by atoms with E-state index in [1.165, 1.54) is 0 Å². The van der Waals surface area contributed by atoms with Crippen LogP contribution in [0.2, 0.25) is 0 Å². The van der Waals surface area contributed by atoms with E-state index in [2.05, 4.69) is 10.3 Å². The second-order valence-electron chi connectivity index (χ2n) is 8.89. The van der Waals surface area contributed by atoms with Crippen molar-refractivity contribution in [2.45, 2.75) is 77.1 Å². The number of hydrogen-bond acceptors (Lipinski definition) is 6. The van der Waals surface area contributed by atoms with Gasteiger partial charge in [0.05, 0.1) is 12.0 Å². The van der Waals surface area contributed by atoms with Crippen LogP contribution in [0.5, 0.6) is 0 Å². The van der Waals surface area contributed by atoms with Crippen LogP contribution in [-0.2, 0) is 16.1 Å². The highest BCUT2D eigenvalue weighted by Gasteiger charge is 2.52. The zero-order valence-electron chi connectivity index (χ0n) is 18.6. The number of nitrogen functional groups attached to an aromatic ring is 1. The maximum absolute atomic E-state index is 13.4. The molecule has 1 aliphatic rings. The molecule has 1 aromatic rings. The van der Waals surface area contributed by atoms with Crippen LogP contribution >= 0.6 is 0 Å². The molecule has 0 aliphatic heterocycles. The van der Waals surface area contributed by atoms with E-state index in [9.17, 15) is 14.7 Å². The SMILES string of the molecule is CC(C)N(C)C(C)(C(N)=O)[C@@H](C(=O)NCc1ccc(N)nc1)C(O)C1CCCCC1. The second-order valence-corrected chi connectivity index (χ2v) is 8.89. The van der Waals surface area contributed by atoms with E-state index in [0.29, 0.717) is 5.82 Å². The molecule has 2 unspecified atom stereocenters. The van der Waals surface area contributed by atoms with Gasteiger partial charge < -0.3 is 21.9 Å².